The Balaban J connectivity index is 1.77. The van der Waals surface area contributed by atoms with Crippen LogP contribution in [-0.4, -0.2) is 27.0 Å². The van der Waals surface area contributed by atoms with E-state index in [4.69, 9.17) is 10.5 Å². The Labute approximate surface area is 171 Å². The highest BCUT2D eigenvalue weighted by atomic mass is 79.9. The van der Waals surface area contributed by atoms with Crippen LogP contribution >= 0.6 is 34.4 Å². The molecular weight excluding hydrogens is 443 g/mol. The van der Waals surface area contributed by atoms with E-state index in [1.165, 1.54) is 0 Å². The van der Waals surface area contributed by atoms with Gasteiger partial charge in [-0.1, -0.05) is 24.0 Å². The highest BCUT2D eigenvalue weighted by Gasteiger charge is 2.14. The largest absolute Gasteiger partial charge is 0.495 e. The number of anilines is 2. The van der Waals surface area contributed by atoms with Gasteiger partial charge in [0.05, 0.1) is 33.4 Å². The Kier molecular flexibility index (Phi) is 5.86. The summed E-state index contributed by atoms with van der Waals surface area (Å²) in [6, 6.07) is 11.4. The first kappa shape index (κ1) is 19.8. The van der Waals surface area contributed by atoms with Crippen LogP contribution in [0.15, 0.2) is 40.9 Å². The van der Waals surface area contributed by atoms with E-state index >= 15 is 0 Å². The zero-order valence-electron chi connectivity index (χ0n) is 15.3. The molecule has 0 aliphatic rings. The van der Waals surface area contributed by atoms with Crippen molar-refractivity contribution in [2.24, 2.45) is 0 Å². The average molecular weight is 463 g/mol. The first-order valence-electron chi connectivity index (χ1n) is 8.24. The summed E-state index contributed by atoms with van der Waals surface area (Å²) < 4.78 is 19.7. The second-order valence-corrected chi connectivity index (χ2v) is 11.4. The Morgan fingerprint density at radius 3 is 2.74 bits per heavy atom. The molecule has 27 heavy (non-hydrogen) atoms. The molecule has 0 bridgehead atoms. The third-order valence-corrected chi connectivity index (χ3v) is 7.84. The zero-order chi connectivity index (χ0) is 19.6. The topological polar surface area (TPSA) is 64.3 Å². The molecule has 0 aliphatic carbocycles. The van der Waals surface area contributed by atoms with Gasteiger partial charge in [-0.2, -0.15) is 0 Å². The van der Waals surface area contributed by atoms with Gasteiger partial charge in [-0.05, 0) is 53.5 Å². The van der Waals surface area contributed by atoms with Crippen LogP contribution in [0.1, 0.15) is 4.88 Å². The molecule has 3 N–H and O–H groups in total. The number of hydrogen-bond donors (Lipinski definition) is 2. The minimum Gasteiger partial charge on any atom is -0.495 e. The second kappa shape index (κ2) is 7.98. The predicted octanol–water partition coefficient (Wildman–Crippen LogP) is 4.97. The number of hydrogen-bond acceptors (Lipinski definition) is 5. The Bertz CT molecular complexity index is 1110. The van der Waals surface area contributed by atoms with Crippen molar-refractivity contribution in [2.45, 2.75) is 0 Å². The number of nitrogen functional groups attached to an aromatic ring is 1. The number of ether oxygens (including phenoxy) is 1. The van der Waals surface area contributed by atoms with E-state index in [9.17, 15) is 4.57 Å². The molecule has 1 heterocycles. The van der Waals surface area contributed by atoms with Crippen molar-refractivity contribution >= 4 is 61.2 Å². The van der Waals surface area contributed by atoms with E-state index in [1.54, 1.807) is 31.8 Å². The van der Waals surface area contributed by atoms with Crippen LogP contribution in [0.3, 0.4) is 0 Å². The summed E-state index contributed by atoms with van der Waals surface area (Å²) >= 11 is 5.20. The molecule has 0 aliphatic heterocycles. The highest BCUT2D eigenvalue weighted by Crippen LogP contribution is 2.38. The molecule has 0 fully saturated rings. The van der Waals surface area contributed by atoms with Crippen molar-refractivity contribution in [1.82, 2.24) is 0 Å². The minimum atomic E-state index is -2.32. The monoisotopic (exact) mass is 462 g/mol. The van der Waals surface area contributed by atoms with Crippen molar-refractivity contribution in [3.8, 4) is 17.6 Å². The first-order chi connectivity index (χ1) is 12.8. The summed E-state index contributed by atoms with van der Waals surface area (Å²) in [6.45, 7) is 3.95. The number of methoxy groups -OCH3 is 1. The molecule has 0 atom stereocenters. The summed E-state index contributed by atoms with van der Waals surface area (Å²) in [5, 5.41) is 5.13. The number of nitrogens with one attached hydrogen (secondary N) is 1. The number of nitrogens with two attached hydrogens (primary N) is 1. The molecule has 0 radical (unpaired) electrons. The molecular formula is C20H20BrN2O2PS. The van der Waals surface area contributed by atoms with E-state index < -0.39 is 7.14 Å². The number of halogens is 1. The standard InChI is InChI=1S/C20H20BrN2O2PS/c1-25-17-12-13(26(2,3)24)9-10-16(17)23-11-5-8-18-19(21)14-6-4-7-15(22)20(14)27-18/h4,6-7,9-10,12,23H,11,22H2,1-3H3. The van der Waals surface area contributed by atoms with Gasteiger partial charge in [0.15, 0.2) is 0 Å². The molecule has 0 amide bonds. The van der Waals surface area contributed by atoms with Crippen LogP contribution in [-0.2, 0) is 4.57 Å². The van der Waals surface area contributed by atoms with Gasteiger partial charge in [-0.15, -0.1) is 11.3 Å². The summed E-state index contributed by atoms with van der Waals surface area (Å²) in [4.78, 5) is 0.949. The first-order valence-corrected chi connectivity index (χ1v) is 12.4. The van der Waals surface area contributed by atoms with Crippen LogP contribution in [0.4, 0.5) is 11.4 Å². The lowest BCUT2D eigenvalue weighted by molar-refractivity contribution is 0.417. The number of fused-ring (bicyclic) bond motifs is 1. The average Bonchev–Trinajstić information content (AvgIpc) is 2.95. The van der Waals surface area contributed by atoms with Crippen molar-refractivity contribution in [3.05, 3.63) is 45.7 Å². The molecule has 4 nitrogen and oxygen atoms in total. The molecule has 7 heteroatoms. The maximum Gasteiger partial charge on any atom is 0.142 e. The van der Waals surface area contributed by atoms with Gasteiger partial charge >= 0.3 is 0 Å². The minimum absolute atomic E-state index is 0.460. The maximum atomic E-state index is 12.2. The van der Waals surface area contributed by atoms with Gasteiger partial charge in [-0.25, -0.2) is 0 Å². The summed E-state index contributed by atoms with van der Waals surface area (Å²) in [5.74, 6) is 6.99. The summed E-state index contributed by atoms with van der Waals surface area (Å²) in [7, 11) is -0.722. The molecule has 0 spiro atoms. The number of rotatable bonds is 4. The molecule has 3 aromatic rings. The summed E-state index contributed by atoms with van der Waals surface area (Å²) in [5.41, 5.74) is 7.62. The quantitative estimate of drug-likeness (QED) is 0.326. The van der Waals surface area contributed by atoms with Gasteiger partial charge < -0.3 is 20.4 Å². The van der Waals surface area contributed by atoms with E-state index in [-0.39, 0.29) is 0 Å². The van der Waals surface area contributed by atoms with E-state index in [0.717, 1.165) is 36.1 Å². The van der Waals surface area contributed by atoms with Crippen LogP contribution < -0.4 is 21.1 Å². The predicted molar refractivity (Wildman–Crippen MR) is 121 cm³/mol. The van der Waals surface area contributed by atoms with Crippen LogP contribution in [0, 0.1) is 11.8 Å². The fraction of sp³-hybridized carbons (Fsp3) is 0.200. The second-order valence-electron chi connectivity index (χ2n) is 6.36. The lowest BCUT2D eigenvalue weighted by Crippen LogP contribution is -2.07. The van der Waals surface area contributed by atoms with E-state index in [1.807, 2.05) is 36.4 Å². The maximum absolute atomic E-state index is 12.2. The van der Waals surface area contributed by atoms with Crippen molar-refractivity contribution < 1.29 is 9.30 Å². The van der Waals surface area contributed by atoms with Crippen LogP contribution in [0.25, 0.3) is 10.1 Å². The van der Waals surface area contributed by atoms with Crippen molar-refractivity contribution in [1.29, 1.82) is 0 Å². The molecule has 0 saturated carbocycles. The normalized spacial score (nSPS) is 11.1. The smallest absolute Gasteiger partial charge is 0.142 e. The Hall–Kier alpha value is -1.93. The lowest BCUT2D eigenvalue weighted by Gasteiger charge is -2.13. The third kappa shape index (κ3) is 4.32. The van der Waals surface area contributed by atoms with Crippen molar-refractivity contribution in [3.63, 3.8) is 0 Å². The molecule has 3 rings (SSSR count). The van der Waals surface area contributed by atoms with Crippen molar-refractivity contribution in [2.75, 3.05) is 38.0 Å². The Morgan fingerprint density at radius 1 is 1.30 bits per heavy atom. The van der Waals surface area contributed by atoms with Crippen LogP contribution in [0.5, 0.6) is 5.75 Å². The van der Waals surface area contributed by atoms with Gasteiger partial charge in [0, 0.05) is 16.4 Å². The molecule has 2 aromatic carbocycles. The van der Waals surface area contributed by atoms with Crippen LogP contribution in [0.2, 0.25) is 0 Å². The summed E-state index contributed by atoms with van der Waals surface area (Å²) in [6.07, 6.45) is 0. The molecule has 1 aromatic heterocycles. The van der Waals surface area contributed by atoms with Gasteiger partial charge in [-0.3, -0.25) is 0 Å². The van der Waals surface area contributed by atoms with E-state index in [2.05, 4.69) is 33.1 Å². The van der Waals surface area contributed by atoms with Gasteiger partial charge in [0.25, 0.3) is 0 Å². The van der Waals surface area contributed by atoms with Gasteiger partial charge in [0.1, 0.15) is 12.9 Å². The highest BCUT2D eigenvalue weighted by molar-refractivity contribution is 9.10. The van der Waals surface area contributed by atoms with E-state index in [0.29, 0.717) is 12.3 Å². The molecule has 140 valence electrons. The lowest BCUT2D eigenvalue weighted by atomic mass is 10.2. The third-order valence-electron chi connectivity index (χ3n) is 4.06. The van der Waals surface area contributed by atoms with Gasteiger partial charge in [0.2, 0.25) is 0 Å². The fourth-order valence-electron chi connectivity index (χ4n) is 2.62. The Morgan fingerprint density at radius 2 is 2.07 bits per heavy atom. The number of benzene rings is 2. The zero-order valence-corrected chi connectivity index (χ0v) is 18.6. The number of thiophene rings is 1. The molecule has 0 unspecified atom stereocenters. The SMILES string of the molecule is COc1cc(P(C)(C)=O)ccc1NCC#Cc1sc2c(N)cccc2c1Br. The molecule has 0 saturated heterocycles. The fourth-order valence-corrected chi connectivity index (χ4v) is 5.27.